The molecule has 6 aromatic rings. The van der Waals surface area contributed by atoms with Gasteiger partial charge in [-0.1, -0.05) is 140 Å². The van der Waals surface area contributed by atoms with Gasteiger partial charge >= 0.3 is 0 Å². The average molecular weight is 934 g/mol. The third kappa shape index (κ3) is 8.27. The summed E-state index contributed by atoms with van der Waals surface area (Å²) in [7, 11) is -1.57. The Morgan fingerprint density at radius 2 is 1.49 bits per heavy atom. The predicted molar refractivity (Wildman–Crippen MR) is 233 cm³/mol. The fraction of sp³-hybridized carbons (Fsp3) is 0.438. The number of aliphatic hydroxyl groups excluding tert-OH is 1. The molecule has 0 aliphatic carbocycles. The first kappa shape index (κ1) is 44.1. The second-order valence-corrected chi connectivity index (χ2v) is 22.2. The Bertz CT molecular complexity index is 2390. The first-order valence-electron chi connectivity index (χ1n) is 19.9. The minimum Gasteiger partial charge on any atom is -0.512 e. The van der Waals surface area contributed by atoms with Crippen molar-refractivity contribution in [2.45, 2.75) is 127 Å². The molecular formula is C48H61IrN2O3Si-. The molecule has 55 heavy (non-hydrogen) atoms. The number of para-hydroxylation sites is 1. The van der Waals surface area contributed by atoms with Gasteiger partial charge in [0, 0.05) is 59.4 Å². The van der Waals surface area contributed by atoms with E-state index >= 15 is 0 Å². The molecule has 295 valence electrons. The third-order valence-corrected chi connectivity index (χ3v) is 14.5. The number of hydrogen-bond donors (Lipinski definition) is 1. The monoisotopic (exact) mass is 934 g/mol. The van der Waals surface area contributed by atoms with E-state index in [1.165, 1.54) is 33.2 Å². The van der Waals surface area contributed by atoms with E-state index in [0.29, 0.717) is 0 Å². The van der Waals surface area contributed by atoms with Crippen molar-refractivity contribution in [3.8, 4) is 11.3 Å². The Morgan fingerprint density at radius 1 is 0.873 bits per heavy atom. The Morgan fingerprint density at radius 3 is 2.07 bits per heavy atom. The van der Waals surface area contributed by atoms with E-state index in [9.17, 15) is 9.90 Å². The van der Waals surface area contributed by atoms with Crippen molar-refractivity contribution < 1.29 is 34.4 Å². The molecule has 0 fully saturated rings. The van der Waals surface area contributed by atoms with Crippen LogP contribution in [0.25, 0.3) is 54.9 Å². The molecule has 0 spiro atoms. The fourth-order valence-electron chi connectivity index (χ4n) is 7.86. The summed E-state index contributed by atoms with van der Waals surface area (Å²) in [4.78, 5) is 22.5. The molecule has 0 aliphatic rings. The molecule has 2 heterocycles. The maximum absolute atomic E-state index is 12.2. The molecule has 1 radical (unpaired) electrons. The van der Waals surface area contributed by atoms with Gasteiger partial charge in [0.15, 0.2) is 5.78 Å². The van der Waals surface area contributed by atoms with Crippen LogP contribution in [0.4, 0.5) is 0 Å². The summed E-state index contributed by atoms with van der Waals surface area (Å²) in [6, 6.07) is 20.6. The van der Waals surface area contributed by atoms with Crippen LogP contribution in [0.1, 0.15) is 110 Å². The van der Waals surface area contributed by atoms with Crippen LogP contribution < -0.4 is 5.19 Å². The van der Waals surface area contributed by atoms with Crippen LogP contribution in [0.3, 0.4) is 0 Å². The van der Waals surface area contributed by atoms with Gasteiger partial charge in [0.2, 0.25) is 0 Å². The second-order valence-electron chi connectivity index (χ2n) is 17.2. The van der Waals surface area contributed by atoms with Gasteiger partial charge in [0.1, 0.15) is 17.2 Å². The van der Waals surface area contributed by atoms with Crippen molar-refractivity contribution in [3.63, 3.8) is 0 Å². The van der Waals surface area contributed by atoms with Gasteiger partial charge in [-0.15, -0.1) is 17.7 Å². The molecule has 2 aromatic heterocycles. The molecule has 4 aromatic carbocycles. The number of aryl methyl sites for hydroxylation is 3. The Kier molecular flexibility index (Phi) is 13.5. The molecule has 6 rings (SSSR count). The molecular weight excluding hydrogens is 873 g/mol. The molecule has 0 unspecified atom stereocenters. The molecule has 0 saturated carbocycles. The Balaban J connectivity index is 0.000000320. The van der Waals surface area contributed by atoms with Crippen molar-refractivity contribution in [1.82, 2.24) is 9.97 Å². The molecule has 0 amide bonds. The predicted octanol–water partition coefficient (Wildman–Crippen LogP) is 13.4. The van der Waals surface area contributed by atoms with E-state index < -0.39 is 8.07 Å². The van der Waals surface area contributed by atoms with Crippen LogP contribution in [0.5, 0.6) is 0 Å². The largest absolute Gasteiger partial charge is 0.512 e. The van der Waals surface area contributed by atoms with Crippen LogP contribution in [0.15, 0.2) is 64.8 Å². The van der Waals surface area contributed by atoms with Crippen molar-refractivity contribution in [3.05, 3.63) is 88.9 Å². The number of benzene rings is 4. The van der Waals surface area contributed by atoms with Crippen LogP contribution in [-0.2, 0) is 24.9 Å². The van der Waals surface area contributed by atoms with Crippen molar-refractivity contribution in [1.29, 1.82) is 0 Å². The maximum atomic E-state index is 12.2. The number of ketones is 1. The zero-order chi connectivity index (χ0) is 39.9. The molecule has 0 saturated heterocycles. The van der Waals surface area contributed by atoms with Gasteiger partial charge in [0.05, 0.1) is 19.2 Å². The van der Waals surface area contributed by atoms with E-state index in [1.54, 1.807) is 0 Å². The standard InChI is InChI=1S/C33H33N2OSi.C15H28O2.Ir/c1-18(2)33-34-29(25-15-13-19(3)27-23-11-9-10-12-26(23)36-31(25)27)24-16-14-22-17-20(4)32(37(6,7)8)21(5)28(22)30(24)35-33;1-7-14(5,8-2)12(16)11-13(17)15(6,9-3)10-4;/h9-14,16-18H,1-8H3;11,16H,7-10H2,1-6H3;/q-1;;/b;12-11-;. The van der Waals surface area contributed by atoms with Gasteiger partial charge in [-0.25, -0.2) is 4.98 Å². The topological polar surface area (TPSA) is 76.2 Å². The van der Waals surface area contributed by atoms with Crippen molar-refractivity contribution in [2.75, 3.05) is 0 Å². The summed E-state index contributed by atoms with van der Waals surface area (Å²) in [5, 5.41) is 17.5. The smallest absolute Gasteiger partial charge is 0.164 e. The van der Waals surface area contributed by atoms with Crippen LogP contribution >= 0.6 is 0 Å². The van der Waals surface area contributed by atoms with Gasteiger partial charge in [0.25, 0.3) is 0 Å². The van der Waals surface area contributed by atoms with Crippen LogP contribution in [0.2, 0.25) is 19.6 Å². The second kappa shape index (κ2) is 16.8. The molecule has 1 N–H and O–H groups in total. The summed E-state index contributed by atoms with van der Waals surface area (Å²) in [6.45, 7) is 30.4. The number of fused-ring (bicyclic) bond motifs is 6. The fourth-order valence-corrected chi connectivity index (χ4v) is 10.4. The summed E-state index contributed by atoms with van der Waals surface area (Å²) < 4.78 is 6.47. The molecule has 0 bridgehead atoms. The molecule has 7 heteroatoms. The summed E-state index contributed by atoms with van der Waals surface area (Å²) in [5.74, 6) is 1.33. The number of allylic oxidation sites excluding steroid dienone is 2. The van der Waals surface area contributed by atoms with Gasteiger partial charge in [-0.05, 0) is 61.9 Å². The van der Waals surface area contributed by atoms with Gasteiger partial charge < -0.3 is 9.52 Å². The minimum atomic E-state index is -1.57. The maximum Gasteiger partial charge on any atom is 0.164 e. The Labute approximate surface area is 343 Å². The van der Waals surface area contributed by atoms with Crippen molar-refractivity contribution in [2.24, 2.45) is 10.8 Å². The van der Waals surface area contributed by atoms with E-state index in [4.69, 9.17) is 14.4 Å². The number of carbonyl (C=O) groups excluding carboxylic acids is 1. The minimum absolute atomic E-state index is 0. The van der Waals surface area contributed by atoms with E-state index in [-0.39, 0.29) is 48.4 Å². The normalized spacial score (nSPS) is 12.7. The summed E-state index contributed by atoms with van der Waals surface area (Å²) in [6.07, 6.45) is 4.75. The zero-order valence-corrected chi connectivity index (χ0v) is 39.0. The number of carbonyl (C=O) groups is 1. The quantitative estimate of drug-likeness (QED) is 0.0487. The van der Waals surface area contributed by atoms with E-state index in [1.807, 2.05) is 53.7 Å². The number of nitrogens with zero attached hydrogens (tertiary/aromatic N) is 2. The Hall–Kier alpha value is -3.64. The number of aliphatic hydroxyl groups is 1. The first-order valence-corrected chi connectivity index (χ1v) is 23.4. The number of rotatable bonds is 10. The third-order valence-electron chi connectivity index (χ3n) is 12.2. The first-order chi connectivity index (χ1) is 25.3. The van der Waals surface area contributed by atoms with Gasteiger partial charge in [-0.2, -0.15) is 0 Å². The SMILES string of the molecule is CCC(C)(CC)C(=O)/C=C(\O)C(C)(CC)CC.Cc1cc2ccc3c(-c4[c-]cc(C)c5c4oc4ccccc45)nc(C(C)C)nc3c2c(C)c1[Si](C)(C)C.[Ir]. The van der Waals surface area contributed by atoms with Crippen LogP contribution in [-0.4, -0.2) is 28.9 Å². The van der Waals surface area contributed by atoms with E-state index in [2.05, 4.69) is 96.7 Å². The van der Waals surface area contributed by atoms with E-state index in [0.717, 1.165) is 81.2 Å². The molecule has 0 aliphatic heterocycles. The number of furan rings is 1. The zero-order valence-electron chi connectivity index (χ0n) is 35.6. The molecule has 5 nitrogen and oxygen atoms in total. The summed E-state index contributed by atoms with van der Waals surface area (Å²) >= 11 is 0. The average Bonchev–Trinajstić information content (AvgIpc) is 3.53. The van der Waals surface area contributed by atoms with Crippen LogP contribution in [0, 0.1) is 37.7 Å². The van der Waals surface area contributed by atoms with Crippen molar-refractivity contribution >= 4 is 62.7 Å². The number of aromatic nitrogens is 2. The van der Waals surface area contributed by atoms with Gasteiger partial charge in [-0.3, -0.25) is 9.78 Å². The summed E-state index contributed by atoms with van der Waals surface area (Å²) in [5.41, 5.74) is 7.87. The molecule has 0 atom stereocenters. The number of hydrogen-bond acceptors (Lipinski definition) is 5.